The van der Waals surface area contributed by atoms with Crippen LogP contribution < -0.4 is 15.0 Å². The molecule has 2 aromatic heterocycles. The Morgan fingerprint density at radius 2 is 1.65 bits per heavy atom. The Labute approximate surface area is 276 Å². The highest BCUT2D eigenvalue weighted by molar-refractivity contribution is 5.71. The van der Waals surface area contributed by atoms with Gasteiger partial charge >= 0.3 is 0 Å². The zero-order valence-corrected chi connectivity index (χ0v) is 26.9. The highest BCUT2D eigenvalue weighted by Gasteiger charge is 2.63. The molecule has 7 rings (SSSR count). The first-order valence-corrected chi connectivity index (χ1v) is 15.4. The second kappa shape index (κ2) is 12.5. The molecule has 248 valence electrons. The van der Waals surface area contributed by atoms with Gasteiger partial charge in [-0.1, -0.05) is 54.6 Å². The van der Waals surface area contributed by atoms with Crippen LogP contribution >= 0.6 is 0 Å². The molecule has 5 aromatic rings. The fourth-order valence-corrected chi connectivity index (χ4v) is 6.38. The maximum Gasteiger partial charge on any atom is 0.280 e. The van der Waals surface area contributed by atoms with Crippen LogP contribution in [0.1, 0.15) is 22.9 Å². The van der Waals surface area contributed by atoms with Gasteiger partial charge in [0.15, 0.2) is 17.4 Å². The van der Waals surface area contributed by atoms with Gasteiger partial charge in [-0.05, 0) is 41.0 Å². The average molecular weight is 653 g/mol. The molecule has 48 heavy (non-hydrogen) atoms. The first-order chi connectivity index (χ1) is 23.3. The summed E-state index contributed by atoms with van der Waals surface area (Å²) in [6.45, 7) is 0.0393. The number of hydrogen-bond donors (Lipinski definition) is 2. The normalized spacial score (nSPS) is 22.1. The molecule has 2 aliphatic rings. The minimum atomic E-state index is -1.25. The number of aromatic amines is 1. The van der Waals surface area contributed by atoms with Crippen LogP contribution in [-0.2, 0) is 19.8 Å². The van der Waals surface area contributed by atoms with Crippen molar-refractivity contribution in [3.63, 3.8) is 0 Å². The molecule has 2 N–H and O–H groups in total. The number of nitrogens with zero attached hydrogens (tertiary/aromatic N) is 5. The lowest BCUT2D eigenvalue weighted by Crippen LogP contribution is -2.48. The maximum atomic E-state index is 12.8. The fraction of sp³-hybridized carbons (Fsp3) is 0.314. The number of ether oxygens (including phenoxy) is 5. The van der Waals surface area contributed by atoms with Crippen molar-refractivity contribution in [2.45, 2.75) is 29.6 Å². The third-order valence-electron chi connectivity index (χ3n) is 8.82. The van der Waals surface area contributed by atoms with Crippen LogP contribution in [0.5, 0.6) is 11.5 Å². The van der Waals surface area contributed by atoms with E-state index in [0.29, 0.717) is 11.5 Å². The summed E-state index contributed by atoms with van der Waals surface area (Å²) in [6, 6.07) is 25.3. The van der Waals surface area contributed by atoms with Gasteiger partial charge in [0.1, 0.15) is 34.9 Å². The summed E-state index contributed by atoms with van der Waals surface area (Å²) in [7, 11) is 6.86. The van der Waals surface area contributed by atoms with Crippen molar-refractivity contribution in [1.82, 2.24) is 24.4 Å². The molecule has 13 heteroatoms. The lowest BCUT2D eigenvalue weighted by Gasteiger charge is -2.39. The van der Waals surface area contributed by atoms with Crippen molar-refractivity contribution < 1.29 is 28.8 Å². The molecule has 4 heterocycles. The summed E-state index contributed by atoms with van der Waals surface area (Å²) in [6.07, 6.45) is 0.325. The van der Waals surface area contributed by atoms with Gasteiger partial charge in [0.2, 0.25) is 5.95 Å². The summed E-state index contributed by atoms with van der Waals surface area (Å²) in [5, 5.41) is 11.7. The van der Waals surface area contributed by atoms with Crippen LogP contribution in [0.2, 0.25) is 0 Å². The molecule has 3 aromatic carbocycles. The predicted molar refractivity (Wildman–Crippen MR) is 177 cm³/mol. The molecule has 2 saturated heterocycles. The van der Waals surface area contributed by atoms with E-state index in [1.54, 1.807) is 23.7 Å². The first-order valence-electron chi connectivity index (χ1n) is 15.4. The number of benzene rings is 3. The van der Waals surface area contributed by atoms with E-state index < -0.39 is 35.2 Å². The van der Waals surface area contributed by atoms with E-state index in [1.165, 1.54) is 12.7 Å². The summed E-state index contributed by atoms with van der Waals surface area (Å²) in [5.74, 6) is 1.51. The van der Waals surface area contributed by atoms with Gasteiger partial charge in [-0.15, -0.1) is 0 Å². The molecule has 4 atom stereocenters. The Morgan fingerprint density at radius 3 is 2.25 bits per heavy atom. The Hall–Kier alpha value is -5.08. The van der Waals surface area contributed by atoms with E-state index in [1.807, 2.05) is 93.0 Å². The summed E-state index contributed by atoms with van der Waals surface area (Å²) < 4.78 is 32.4. The van der Waals surface area contributed by atoms with E-state index >= 15 is 0 Å². The van der Waals surface area contributed by atoms with E-state index in [2.05, 4.69) is 19.9 Å². The summed E-state index contributed by atoms with van der Waals surface area (Å²) >= 11 is 0. The quantitative estimate of drug-likeness (QED) is 0.124. The van der Waals surface area contributed by atoms with Crippen LogP contribution in [-0.4, -0.2) is 95.2 Å². The van der Waals surface area contributed by atoms with Crippen molar-refractivity contribution in [1.29, 1.82) is 0 Å². The maximum absolute atomic E-state index is 12.8. The van der Waals surface area contributed by atoms with Gasteiger partial charge in [-0.25, -0.2) is 9.98 Å². The lowest BCUT2D eigenvalue weighted by atomic mass is 9.79. The highest BCUT2D eigenvalue weighted by atomic mass is 16.7. The SMILES string of the molecule is COc1ccc(C(OC[C@@]23CO[C@H]([C@H](n4cnc5c(=O)[nH]c(/N=C/N(C)C)nc54)O2)[C@H]3O)(c2ccccc2)c2ccc(OC)cc2)cc1. The summed E-state index contributed by atoms with van der Waals surface area (Å²) in [5.41, 5.74) is 0.0823. The van der Waals surface area contributed by atoms with E-state index in [-0.39, 0.29) is 30.3 Å². The molecule has 0 amide bonds. The Bertz CT molecular complexity index is 1930. The van der Waals surface area contributed by atoms with Gasteiger partial charge in [-0.2, -0.15) is 4.98 Å². The zero-order valence-electron chi connectivity index (χ0n) is 26.9. The second-order valence-electron chi connectivity index (χ2n) is 12.0. The highest BCUT2D eigenvalue weighted by Crippen LogP contribution is 2.48. The third kappa shape index (κ3) is 5.30. The molecule has 0 spiro atoms. The molecule has 2 bridgehead atoms. The van der Waals surface area contributed by atoms with Crippen LogP contribution in [0.25, 0.3) is 11.2 Å². The Balaban J connectivity index is 1.28. The standard InChI is InChI=1S/C35H36N6O7/c1-40(2)20-37-33-38-30-27(31(43)39-33)36-21-41(30)32-28-29(42)34(48-32,18-46-28)19-47-35(22-8-6-5-7-9-22,23-10-14-25(44-3)15-11-23)24-12-16-26(45-4)17-13-24/h5-17,20-21,28-29,32,42H,18-19H2,1-4H3,(H,38,39,43)/b37-20+/t28-,29+,32+,34+/m0/s1. The largest absolute Gasteiger partial charge is 0.497 e. The number of H-pyrrole nitrogens is 1. The van der Waals surface area contributed by atoms with Gasteiger partial charge in [0, 0.05) is 14.1 Å². The smallest absolute Gasteiger partial charge is 0.280 e. The Morgan fingerprint density at radius 1 is 1.02 bits per heavy atom. The van der Waals surface area contributed by atoms with Crippen molar-refractivity contribution in [3.8, 4) is 11.5 Å². The zero-order chi connectivity index (χ0) is 33.5. The molecule has 2 aliphatic heterocycles. The van der Waals surface area contributed by atoms with Crippen LogP contribution in [0.3, 0.4) is 0 Å². The molecule has 0 aliphatic carbocycles. The number of fused-ring (bicyclic) bond motifs is 3. The number of aliphatic imine (C=N–C) groups is 1. The number of hydrogen-bond acceptors (Lipinski definition) is 10. The minimum absolute atomic E-state index is 0.0485. The number of nitrogens with one attached hydrogen (secondary N) is 1. The van der Waals surface area contributed by atoms with Crippen molar-refractivity contribution in [3.05, 3.63) is 112 Å². The number of rotatable bonds is 11. The molecule has 0 unspecified atom stereocenters. The van der Waals surface area contributed by atoms with Crippen LogP contribution in [0.4, 0.5) is 5.95 Å². The fourth-order valence-electron chi connectivity index (χ4n) is 6.38. The topological polar surface area (TPSA) is 146 Å². The van der Waals surface area contributed by atoms with Gasteiger partial charge in [0.05, 0.1) is 40.1 Å². The minimum Gasteiger partial charge on any atom is -0.497 e. The van der Waals surface area contributed by atoms with Crippen LogP contribution in [0.15, 0.2) is 95.0 Å². The first kappa shape index (κ1) is 31.5. The van der Waals surface area contributed by atoms with E-state index in [0.717, 1.165) is 16.7 Å². The van der Waals surface area contributed by atoms with E-state index in [9.17, 15) is 9.90 Å². The monoisotopic (exact) mass is 652 g/mol. The van der Waals surface area contributed by atoms with Gasteiger partial charge < -0.3 is 33.7 Å². The Kier molecular flexibility index (Phi) is 8.21. The number of aliphatic hydroxyl groups is 1. The van der Waals surface area contributed by atoms with E-state index in [4.69, 9.17) is 23.7 Å². The molecule has 0 radical (unpaired) electrons. The molecular weight excluding hydrogens is 616 g/mol. The number of imidazole rings is 1. The van der Waals surface area contributed by atoms with Crippen LogP contribution in [0, 0.1) is 0 Å². The molecule has 0 saturated carbocycles. The van der Waals surface area contributed by atoms with Crippen molar-refractivity contribution in [2.24, 2.45) is 4.99 Å². The number of aliphatic hydroxyl groups excluding tert-OH is 1. The summed E-state index contributed by atoms with van der Waals surface area (Å²) in [4.78, 5) is 30.3. The average Bonchev–Trinajstić information content (AvgIpc) is 3.77. The number of aromatic nitrogens is 4. The molecule has 2 fully saturated rings. The lowest BCUT2D eigenvalue weighted by molar-refractivity contribution is -0.202. The molecular formula is C35H36N6O7. The predicted octanol–water partition coefficient (Wildman–Crippen LogP) is 3.39. The van der Waals surface area contributed by atoms with Gasteiger partial charge in [-0.3, -0.25) is 14.3 Å². The van der Waals surface area contributed by atoms with Crippen molar-refractivity contribution >= 4 is 23.5 Å². The second-order valence-corrected chi connectivity index (χ2v) is 12.0. The van der Waals surface area contributed by atoms with Gasteiger partial charge in [0.25, 0.3) is 5.56 Å². The molecule has 13 nitrogen and oxygen atoms in total. The third-order valence-corrected chi connectivity index (χ3v) is 8.82. The van der Waals surface area contributed by atoms with Crippen molar-refractivity contribution in [2.75, 3.05) is 41.5 Å². The number of methoxy groups -OCH3 is 2.